The summed E-state index contributed by atoms with van der Waals surface area (Å²) in [6.45, 7) is 2.69. The summed E-state index contributed by atoms with van der Waals surface area (Å²) in [6.07, 6.45) is 5.44. The summed E-state index contributed by atoms with van der Waals surface area (Å²) in [5.74, 6) is -1.17. The molecule has 2 rings (SSSR count). The van der Waals surface area contributed by atoms with Crippen molar-refractivity contribution in [2.45, 2.75) is 25.2 Å². The quantitative estimate of drug-likeness (QED) is 0.814. The fourth-order valence-electron chi connectivity index (χ4n) is 2.27. The van der Waals surface area contributed by atoms with Crippen molar-refractivity contribution in [1.29, 1.82) is 0 Å². The summed E-state index contributed by atoms with van der Waals surface area (Å²) in [5, 5.41) is 9.23. The smallest absolute Gasteiger partial charge is 0.313 e. The van der Waals surface area contributed by atoms with E-state index in [1.165, 1.54) is 19.3 Å². The van der Waals surface area contributed by atoms with E-state index in [2.05, 4.69) is 9.88 Å². The molecule has 1 aromatic rings. The molecule has 0 aromatic carbocycles. The Morgan fingerprint density at radius 3 is 2.75 bits per heavy atom. The molecule has 88 valence electrons. The van der Waals surface area contributed by atoms with Gasteiger partial charge in [-0.25, -0.2) is 0 Å². The molecule has 2 heterocycles. The van der Waals surface area contributed by atoms with E-state index in [9.17, 15) is 9.90 Å². The minimum atomic E-state index is -0.743. The number of nitrogens with zero attached hydrogens (tertiary/aromatic N) is 1. The normalized spacial score (nSPS) is 19.5. The fraction of sp³-hybridized carbons (Fsp3) is 0.583. The molecule has 1 aliphatic heterocycles. The summed E-state index contributed by atoms with van der Waals surface area (Å²) in [7, 11) is 0. The molecule has 2 N–H and O–H groups in total. The number of nitrogens with one attached hydrogen (secondary N) is 1. The second kappa shape index (κ2) is 5.16. The Bertz CT molecular complexity index is 329. The largest absolute Gasteiger partial charge is 0.481 e. The van der Waals surface area contributed by atoms with Crippen LogP contribution in [0, 0.1) is 0 Å². The van der Waals surface area contributed by atoms with Crippen LogP contribution in [-0.4, -0.2) is 40.6 Å². The Morgan fingerprint density at radius 1 is 1.44 bits per heavy atom. The molecule has 1 unspecified atom stereocenters. The first kappa shape index (κ1) is 11.2. The second-order valence-corrected chi connectivity index (χ2v) is 4.38. The Kier molecular flexibility index (Phi) is 3.62. The van der Waals surface area contributed by atoms with Gasteiger partial charge in [0.25, 0.3) is 0 Å². The van der Waals surface area contributed by atoms with Gasteiger partial charge < -0.3 is 15.0 Å². The van der Waals surface area contributed by atoms with E-state index in [0.717, 1.165) is 18.8 Å². The van der Waals surface area contributed by atoms with E-state index in [4.69, 9.17) is 0 Å². The van der Waals surface area contributed by atoms with Crippen LogP contribution in [0.1, 0.15) is 30.9 Å². The summed E-state index contributed by atoms with van der Waals surface area (Å²) in [5.41, 5.74) is 0.804. The Labute approximate surface area is 95.3 Å². The van der Waals surface area contributed by atoms with Gasteiger partial charge in [0, 0.05) is 18.4 Å². The van der Waals surface area contributed by atoms with Gasteiger partial charge in [0.05, 0.1) is 0 Å². The topological polar surface area (TPSA) is 56.3 Å². The van der Waals surface area contributed by atoms with Crippen molar-refractivity contribution in [3.05, 3.63) is 24.0 Å². The highest BCUT2D eigenvalue weighted by atomic mass is 16.4. The molecule has 0 amide bonds. The predicted molar refractivity (Wildman–Crippen MR) is 61.5 cm³/mol. The number of carboxylic acids is 1. The molecule has 1 fully saturated rings. The lowest BCUT2D eigenvalue weighted by atomic mass is 10.0. The van der Waals surface area contributed by atoms with Crippen LogP contribution in [0.15, 0.2) is 18.3 Å². The minimum Gasteiger partial charge on any atom is -0.481 e. The first-order valence-corrected chi connectivity index (χ1v) is 5.86. The average Bonchev–Trinajstić information content (AvgIpc) is 2.80. The average molecular weight is 222 g/mol. The molecule has 1 saturated heterocycles. The summed E-state index contributed by atoms with van der Waals surface area (Å²) in [6, 6.07) is 3.70. The third kappa shape index (κ3) is 2.64. The lowest BCUT2D eigenvalue weighted by Crippen LogP contribution is -2.35. The highest BCUT2D eigenvalue weighted by Crippen LogP contribution is 2.18. The molecule has 4 nitrogen and oxygen atoms in total. The first-order valence-electron chi connectivity index (χ1n) is 5.86. The Balaban J connectivity index is 2.00. The highest BCUT2D eigenvalue weighted by molar-refractivity contribution is 5.75. The number of piperidine rings is 1. The van der Waals surface area contributed by atoms with Crippen LogP contribution in [0.4, 0.5) is 0 Å². The third-order valence-electron chi connectivity index (χ3n) is 3.18. The molecular formula is C12H18N2O2. The van der Waals surface area contributed by atoms with E-state index in [-0.39, 0.29) is 0 Å². The van der Waals surface area contributed by atoms with E-state index in [0.29, 0.717) is 6.54 Å². The van der Waals surface area contributed by atoms with Crippen molar-refractivity contribution < 1.29 is 9.90 Å². The van der Waals surface area contributed by atoms with Crippen molar-refractivity contribution in [2.75, 3.05) is 19.6 Å². The van der Waals surface area contributed by atoms with Crippen molar-refractivity contribution in [3.8, 4) is 0 Å². The number of aromatic nitrogens is 1. The van der Waals surface area contributed by atoms with Crippen LogP contribution in [-0.2, 0) is 4.79 Å². The van der Waals surface area contributed by atoms with Crippen LogP contribution in [0.3, 0.4) is 0 Å². The van der Waals surface area contributed by atoms with Crippen LogP contribution in [0.2, 0.25) is 0 Å². The van der Waals surface area contributed by atoms with Gasteiger partial charge in [0.15, 0.2) is 0 Å². The van der Waals surface area contributed by atoms with Gasteiger partial charge in [0.2, 0.25) is 0 Å². The van der Waals surface area contributed by atoms with Gasteiger partial charge in [-0.2, -0.15) is 0 Å². The molecular weight excluding hydrogens is 204 g/mol. The number of carbonyl (C=O) groups is 1. The molecule has 0 saturated carbocycles. The Morgan fingerprint density at radius 2 is 2.19 bits per heavy atom. The van der Waals surface area contributed by atoms with Gasteiger partial charge in [-0.3, -0.25) is 4.79 Å². The van der Waals surface area contributed by atoms with Crippen LogP contribution in [0.25, 0.3) is 0 Å². The van der Waals surface area contributed by atoms with Gasteiger partial charge >= 0.3 is 5.97 Å². The zero-order valence-electron chi connectivity index (χ0n) is 9.35. The zero-order chi connectivity index (χ0) is 11.4. The van der Waals surface area contributed by atoms with Crippen molar-refractivity contribution in [2.24, 2.45) is 0 Å². The fourth-order valence-corrected chi connectivity index (χ4v) is 2.27. The summed E-state index contributed by atoms with van der Waals surface area (Å²) < 4.78 is 0. The molecule has 1 atom stereocenters. The standard InChI is InChI=1S/C12H18N2O2/c15-12(16)10(11-5-4-6-13-11)9-14-7-2-1-3-8-14/h4-6,10,13H,1-3,7-9H2,(H,15,16). The number of aromatic amines is 1. The van der Waals surface area contributed by atoms with Gasteiger partial charge in [-0.15, -0.1) is 0 Å². The monoisotopic (exact) mass is 222 g/mol. The number of H-pyrrole nitrogens is 1. The molecule has 0 spiro atoms. The zero-order valence-corrected chi connectivity index (χ0v) is 9.35. The minimum absolute atomic E-state index is 0.423. The molecule has 0 bridgehead atoms. The number of aliphatic carboxylic acids is 1. The van der Waals surface area contributed by atoms with E-state index in [1.807, 2.05) is 12.1 Å². The van der Waals surface area contributed by atoms with Gasteiger partial charge in [-0.1, -0.05) is 6.42 Å². The third-order valence-corrected chi connectivity index (χ3v) is 3.18. The summed E-state index contributed by atoms with van der Waals surface area (Å²) >= 11 is 0. The predicted octanol–water partition coefficient (Wildman–Crippen LogP) is 1.67. The van der Waals surface area contributed by atoms with Gasteiger partial charge in [-0.05, 0) is 38.1 Å². The lowest BCUT2D eigenvalue weighted by Gasteiger charge is -2.28. The molecule has 0 aliphatic carbocycles. The maximum absolute atomic E-state index is 11.2. The number of carboxylic acid groups (broad SMARTS) is 1. The van der Waals surface area contributed by atoms with Crippen molar-refractivity contribution in [3.63, 3.8) is 0 Å². The van der Waals surface area contributed by atoms with Crippen molar-refractivity contribution in [1.82, 2.24) is 9.88 Å². The van der Waals surface area contributed by atoms with E-state index in [1.54, 1.807) is 6.20 Å². The molecule has 0 radical (unpaired) electrons. The molecule has 1 aromatic heterocycles. The van der Waals surface area contributed by atoms with E-state index >= 15 is 0 Å². The lowest BCUT2D eigenvalue weighted by molar-refractivity contribution is -0.139. The SMILES string of the molecule is O=C(O)C(CN1CCCCC1)c1ccc[nH]1. The number of likely N-dealkylation sites (tertiary alicyclic amines) is 1. The number of rotatable bonds is 4. The first-order chi connectivity index (χ1) is 7.77. The number of hydrogen-bond acceptors (Lipinski definition) is 2. The van der Waals surface area contributed by atoms with E-state index < -0.39 is 11.9 Å². The van der Waals surface area contributed by atoms with Crippen LogP contribution >= 0.6 is 0 Å². The second-order valence-electron chi connectivity index (χ2n) is 4.38. The molecule has 16 heavy (non-hydrogen) atoms. The highest BCUT2D eigenvalue weighted by Gasteiger charge is 2.24. The van der Waals surface area contributed by atoms with Crippen molar-refractivity contribution >= 4 is 5.97 Å². The number of hydrogen-bond donors (Lipinski definition) is 2. The molecule has 4 heteroatoms. The van der Waals surface area contributed by atoms with Crippen LogP contribution < -0.4 is 0 Å². The molecule has 1 aliphatic rings. The maximum Gasteiger partial charge on any atom is 0.313 e. The maximum atomic E-state index is 11.2. The Hall–Kier alpha value is -1.29. The summed E-state index contributed by atoms with van der Waals surface area (Å²) in [4.78, 5) is 16.5. The van der Waals surface area contributed by atoms with Gasteiger partial charge in [0.1, 0.15) is 5.92 Å². The van der Waals surface area contributed by atoms with Crippen LogP contribution in [0.5, 0.6) is 0 Å².